The molecule has 0 unspecified atom stereocenters. The van der Waals surface area contributed by atoms with E-state index in [1.807, 2.05) is 24.3 Å². The molecular formula is C24H28O. The Balaban J connectivity index is 1.87. The van der Waals surface area contributed by atoms with E-state index in [0.29, 0.717) is 0 Å². The molecule has 25 heavy (non-hydrogen) atoms. The van der Waals surface area contributed by atoms with Gasteiger partial charge in [0, 0.05) is 11.1 Å². The summed E-state index contributed by atoms with van der Waals surface area (Å²) in [5, 5.41) is 0. The fourth-order valence-corrected chi connectivity index (χ4v) is 2.49. The van der Waals surface area contributed by atoms with Crippen LogP contribution in [0.15, 0.2) is 60.7 Å². The van der Waals surface area contributed by atoms with E-state index in [9.17, 15) is 0 Å². The number of benzene rings is 2. The monoisotopic (exact) mass is 332 g/mol. The molecule has 0 aliphatic rings. The number of aryl methyl sites for hydroxylation is 1. The van der Waals surface area contributed by atoms with Gasteiger partial charge in [-0.15, -0.1) is 0 Å². The van der Waals surface area contributed by atoms with Gasteiger partial charge in [0.25, 0.3) is 0 Å². The average Bonchev–Trinajstić information content (AvgIpc) is 2.66. The van der Waals surface area contributed by atoms with Crippen molar-refractivity contribution >= 4 is 0 Å². The number of unbranched alkanes of at least 4 members (excludes halogenated alkanes) is 2. The predicted molar refractivity (Wildman–Crippen MR) is 107 cm³/mol. The van der Waals surface area contributed by atoms with E-state index in [0.717, 1.165) is 42.7 Å². The lowest BCUT2D eigenvalue weighted by Crippen LogP contribution is -1.96. The van der Waals surface area contributed by atoms with Crippen LogP contribution in [-0.2, 0) is 6.42 Å². The van der Waals surface area contributed by atoms with Crippen molar-refractivity contribution in [2.75, 3.05) is 6.61 Å². The zero-order chi connectivity index (χ0) is 17.7. The molecule has 0 fully saturated rings. The minimum atomic E-state index is 0.791. The first kappa shape index (κ1) is 18.9. The van der Waals surface area contributed by atoms with E-state index in [1.165, 1.54) is 18.4 Å². The maximum absolute atomic E-state index is 5.73. The van der Waals surface area contributed by atoms with E-state index in [-0.39, 0.29) is 0 Å². The van der Waals surface area contributed by atoms with Gasteiger partial charge >= 0.3 is 0 Å². The molecule has 0 heterocycles. The van der Waals surface area contributed by atoms with Gasteiger partial charge in [0.15, 0.2) is 0 Å². The lowest BCUT2D eigenvalue weighted by atomic mass is 10.1. The molecule has 0 aliphatic carbocycles. The number of hydrogen-bond acceptors (Lipinski definition) is 1. The SMILES string of the molecule is CC=CCCc1ccc(C#Cc2ccc(OCCCCC)cc2)cc1. The molecule has 0 amide bonds. The molecule has 2 aromatic carbocycles. The van der Waals surface area contributed by atoms with Crippen molar-refractivity contribution in [1.82, 2.24) is 0 Å². The third-order valence-corrected chi connectivity index (χ3v) is 4.01. The van der Waals surface area contributed by atoms with Crippen molar-refractivity contribution < 1.29 is 4.74 Å². The summed E-state index contributed by atoms with van der Waals surface area (Å²) in [4.78, 5) is 0. The Morgan fingerprint density at radius 2 is 1.52 bits per heavy atom. The maximum atomic E-state index is 5.73. The highest BCUT2D eigenvalue weighted by Crippen LogP contribution is 2.13. The summed E-state index contributed by atoms with van der Waals surface area (Å²) in [5.41, 5.74) is 3.42. The van der Waals surface area contributed by atoms with Crippen LogP contribution < -0.4 is 4.74 Å². The van der Waals surface area contributed by atoms with Gasteiger partial charge in [-0.3, -0.25) is 0 Å². The fraction of sp³-hybridized carbons (Fsp3) is 0.333. The van der Waals surface area contributed by atoms with E-state index >= 15 is 0 Å². The lowest BCUT2D eigenvalue weighted by molar-refractivity contribution is 0.306. The van der Waals surface area contributed by atoms with E-state index in [4.69, 9.17) is 4.74 Å². The number of rotatable bonds is 8. The maximum Gasteiger partial charge on any atom is 0.119 e. The van der Waals surface area contributed by atoms with Crippen LogP contribution in [0.3, 0.4) is 0 Å². The highest BCUT2D eigenvalue weighted by atomic mass is 16.5. The third kappa shape index (κ3) is 7.31. The van der Waals surface area contributed by atoms with Crippen LogP contribution in [0.1, 0.15) is 56.2 Å². The van der Waals surface area contributed by atoms with Crippen molar-refractivity contribution in [2.45, 2.75) is 46.0 Å². The smallest absolute Gasteiger partial charge is 0.119 e. The van der Waals surface area contributed by atoms with Crippen molar-refractivity contribution in [3.8, 4) is 17.6 Å². The molecule has 2 aromatic rings. The Labute approximate surface area is 152 Å². The molecule has 0 radical (unpaired) electrons. The van der Waals surface area contributed by atoms with Crippen molar-refractivity contribution in [1.29, 1.82) is 0 Å². The summed E-state index contributed by atoms with van der Waals surface area (Å²) < 4.78 is 5.73. The van der Waals surface area contributed by atoms with Crippen LogP contribution in [0.25, 0.3) is 0 Å². The summed E-state index contributed by atoms with van der Waals surface area (Å²) in [7, 11) is 0. The molecule has 2 rings (SSSR count). The summed E-state index contributed by atoms with van der Waals surface area (Å²) in [6.45, 7) is 5.05. The van der Waals surface area contributed by atoms with Crippen LogP contribution >= 0.6 is 0 Å². The quantitative estimate of drug-likeness (QED) is 0.319. The molecule has 0 saturated heterocycles. The zero-order valence-electron chi connectivity index (χ0n) is 15.4. The molecule has 0 N–H and O–H groups in total. The Kier molecular flexibility index (Phi) is 8.42. The Morgan fingerprint density at radius 3 is 2.12 bits per heavy atom. The van der Waals surface area contributed by atoms with E-state index < -0.39 is 0 Å². The zero-order valence-corrected chi connectivity index (χ0v) is 15.4. The Hall–Kier alpha value is -2.46. The summed E-state index contributed by atoms with van der Waals surface area (Å²) >= 11 is 0. The van der Waals surface area contributed by atoms with Crippen LogP contribution in [0.2, 0.25) is 0 Å². The topological polar surface area (TPSA) is 9.23 Å². The van der Waals surface area contributed by atoms with Gasteiger partial charge in [-0.05, 0) is 68.1 Å². The van der Waals surface area contributed by atoms with Gasteiger partial charge in [0.2, 0.25) is 0 Å². The molecule has 0 saturated carbocycles. The highest BCUT2D eigenvalue weighted by Gasteiger charge is 1.95. The summed E-state index contributed by atoms with van der Waals surface area (Å²) in [6.07, 6.45) is 10.0. The van der Waals surface area contributed by atoms with Gasteiger partial charge < -0.3 is 4.74 Å². The largest absolute Gasteiger partial charge is 0.494 e. The lowest BCUT2D eigenvalue weighted by Gasteiger charge is -2.05. The molecule has 130 valence electrons. The molecular weight excluding hydrogens is 304 g/mol. The first-order valence-corrected chi connectivity index (χ1v) is 9.27. The van der Waals surface area contributed by atoms with E-state index in [1.54, 1.807) is 0 Å². The fourth-order valence-electron chi connectivity index (χ4n) is 2.49. The van der Waals surface area contributed by atoms with Gasteiger partial charge in [-0.25, -0.2) is 0 Å². The standard InChI is InChI=1S/C24H28O/c1-3-5-7-9-21-10-12-22(13-11-21)14-15-23-16-18-24(19-17-23)25-20-8-6-4-2/h3,5,10-13,16-19H,4,6-9,20H2,1-2H3. The van der Waals surface area contributed by atoms with Gasteiger partial charge in [0.1, 0.15) is 5.75 Å². The van der Waals surface area contributed by atoms with Gasteiger partial charge in [-0.1, -0.05) is 55.9 Å². The summed E-state index contributed by atoms with van der Waals surface area (Å²) in [6, 6.07) is 16.6. The van der Waals surface area contributed by atoms with Gasteiger partial charge in [-0.2, -0.15) is 0 Å². The van der Waals surface area contributed by atoms with Crippen LogP contribution in [0.4, 0.5) is 0 Å². The summed E-state index contributed by atoms with van der Waals surface area (Å²) in [5.74, 6) is 7.37. The Morgan fingerprint density at radius 1 is 0.880 bits per heavy atom. The molecule has 1 nitrogen and oxygen atoms in total. The van der Waals surface area contributed by atoms with Crippen molar-refractivity contribution in [2.24, 2.45) is 0 Å². The van der Waals surface area contributed by atoms with Crippen LogP contribution in [0.5, 0.6) is 5.75 Å². The normalized spacial score (nSPS) is 10.5. The van der Waals surface area contributed by atoms with Crippen molar-refractivity contribution in [3.05, 3.63) is 77.4 Å². The highest BCUT2D eigenvalue weighted by molar-refractivity contribution is 5.44. The predicted octanol–water partition coefficient (Wildman–Crippen LogP) is 6.16. The molecule has 0 atom stereocenters. The minimum absolute atomic E-state index is 0.791. The molecule has 0 spiro atoms. The van der Waals surface area contributed by atoms with Gasteiger partial charge in [0.05, 0.1) is 6.61 Å². The molecule has 1 heteroatoms. The number of allylic oxidation sites excluding steroid dienone is 2. The number of ether oxygens (including phenoxy) is 1. The molecule has 0 bridgehead atoms. The second-order valence-electron chi connectivity index (χ2n) is 6.13. The van der Waals surface area contributed by atoms with Crippen LogP contribution in [-0.4, -0.2) is 6.61 Å². The average molecular weight is 332 g/mol. The molecule has 0 aliphatic heterocycles. The number of hydrogen-bond donors (Lipinski definition) is 0. The first-order chi connectivity index (χ1) is 12.3. The van der Waals surface area contributed by atoms with E-state index in [2.05, 4.69) is 62.1 Å². The second-order valence-corrected chi connectivity index (χ2v) is 6.13. The Bertz CT molecular complexity index is 697. The van der Waals surface area contributed by atoms with Crippen molar-refractivity contribution in [3.63, 3.8) is 0 Å². The first-order valence-electron chi connectivity index (χ1n) is 9.27. The second kappa shape index (κ2) is 11.2. The van der Waals surface area contributed by atoms with Crippen LogP contribution in [0, 0.1) is 11.8 Å². The third-order valence-electron chi connectivity index (χ3n) is 4.01. The minimum Gasteiger partial charge on any atom is -0.494 e. The molecule has 0 aromatic heterocycles.